The molecule has 0 spiro atoms. The Labute approximate surface area is 105 Å². The van der Waals surface area contributed by atoms with Crippen molar-refractivity contribution in [1.82, 2.24) is 5.32 Å². The molecule has 1 atom stereocenters. The summed E-state index contributed by atoms with van der Waals surface area (Å²) in [5.74, 6) is 0.407. The molecular weight excluding hydrogens is 234 g/mol. The van der Waals surface area contributed by atoms with Crippen LogP contribution in [-0.2, 0) is 9.84 Å². The molecule has 2 rings (SSSR count). The quantitative estimate of drug-likeness (QED) is 0.791. The van der Waals surface area contributed by atoms with Gasteiger partial charge in [0.1, 0.15) is 0 Å². The van der Waals surface area contributed by atoms with Gasteiger partial charge >= 0.3 is 0 Å². The summed E-state index contributed by atoms with van der Waals surface area (Å²) in [5, 5.41) is 3.40. The molecule has 1 aliphatic heterocycles. The fraction of sp³-hybridized carbons (Fsp3) is 1.00. The first kappa shape index (κ1) is 13.3. The zero-order valence-electron chi connectivity index (χ0n) is 10.7. The van der Waals surface area contributed by atoms with Crippen molar-refractivity contribution in [2.45, 2.75) is 69.1 Å². The van der Waals surface area contributed by atoms with Gasteiger partial charge in [0.2, 0.25) is 0 Å². The molecule has 0 aromatic carbocycles. The van der Waals surface area contributed by atoms with E-state index in [4.69, 9.17) is 0 Å². The molecule has 2 aliphatic rings. The molecule has 1 aliphatic carbocycles. The predicted octanol–water partition coefficient (Wildman–Crippen LogP) is 2.27. The second kappa shape index (κ2) is 6.19. The van der Waals surface area contributed by atoms with Crippen LogP contribution in [0.1, 0.15) is 57.8 Å². The summed E-state index contributed by atoms with van der Waals surface area (Å²) in [6, 6.07) is 0.564. The van der Waals surface area contributed by atoms with Gasteiger partial charge in [0.25, 0.3) is 0 Å². The van der Waals surface area contributed by atoms with Gasteiger partial charge in [0, 0.05) is 12.6 Å². The van der Waals surface area contributed by atoms with Gasteiger partial charge in [-0.3, -0.25) is 0 Å². The maximum absolute atomic E-state index is 11.9. The Kier molecular flexibility index (Phi) is 4.86. The number of hydrogen-bond donors (Lipinski definition) is 1. The van der Waals surface area contributed by atoms with Crippen molar-refractivity contribution in [1.29, 1.82) is 0 Å². The first-order chi connectivity index (χ1) is 8.18. The highest BCUT2D eigenvalue weighted by Gasteiger charge is 2.29. The molecule has 0 bridgehead atoms. The van der Waals surface area contributed by atoms with E-state index in [0.29, 0.717) is 18.3 Å². The van der Waals surface area contributed by atoms with Crippen molar-refractivity contribution in [2.75, 3.05) is 12.3 Å². The topological polar surface area (TPSA) is 46.2 Å². The molecule has 1 unspecified atom stereocenters. The molecule has 0 radical (unpaired) electrons. The Balaban J connectivity index is 1.80. The van der Waals surface area contributed by atoms with Crippen LogP contribution in [0.2, 0.25) is 0 Å². The molecular formula is C13H25NO2S. The maximum Gasteiger partial charge on any atom is 0.154 e. The van der Waals surface area contributed by atoms with Crippen LogP contribution in [0, 0.1) is 0 Å². The van der Waals surface area contributed by atoms with Gasteiger partial charge in [-0.15, -0.1) is 0 Å². The lowest BCUT2D eigenvalue weighted by Gasteiger charge is -2.25. The maximum atomic E-state index is 11.9. The predicted molar refractivity (Wildman–Crippen MR) is 70.9 cm³/mol. The molecule has 17 heavy (non-hydrogen) atoms. The van der Waals surface area contributed by atoms with Gasteiger partial charge in [0.05, 0.1) is 11.0 Å². The van der Waals surface area contributed by atoms with E-state index in [-0.39, 0.29) is 5.25 Å². The second-order valence-electron chi connectivity index (χ2n) is 5.58. The summed E-state index contributed by atoms with van der Waals surface area (Å²) in [5.41, 5.74) is 0. The van der Waals surface area contributed by atoms with Gasteiger partial charge in [-0.05, 0) is 25.7 Å². The van der Waals surface area contributed by atoms with E-state index < -0.39 is 9.84 Å². The van der Waals surface area contributed by atoms with Gasteiger partial charge in [-0.25, -0.2) is 8.42 Å². The van der Waals surface area contributed by atoms with Crippen molar-refractivity contribution < 1.29 is 8.42 Å². The number of hydrogen-bond acceptors (Lipinski definition) is 3. The first-order valence-corrected chi connectivity index (χ1v) is 8.85. The molecule has 2 fully saturated rings. The zero-order valence-corrected chi connectivity index (χ0v) is 11.5. The first-order valence-electron chi connectivity index (χ1n) is 7.13. The normalized spacial score (nSPS) is 30.9. The van der Waals surface area contributed by atoms with Crippen molar-refractivity contribution in [3.05, 3.63) is 0 Å². The summed E-state index contributed by atoms with van der Waals surface area (Å²) < 4.78 is 23.8. The molecule has 4 heteroatoms. The van der Waals surface area contributed by atoms with E-state index in [2.05, 4.69) is 5.32 Å². The number of nitrogens with one attached hydrogen (secondary N) is 1. The van der Waals surface area contributed by atoms with E-state index >= 15 is 0 Å². The number of rotatable bonds is 3. The SMILES string of the molecule is O=S1(=O)CCCCC1CNC1CCCCCC1. The minimum Gasteiger partial charge on any atom is -0.313 e. The Morgan fingerprint density at radius 2 is 1.53 bits per heavy atom. The molecule has 100 valence electrons. The van der Waals surface area contributed by atoms with E-state index in [0.717, 1.165) is 19.3 Å². The van der Waals surface area contributed by atoms with E-state index in [1.807, 2.05) is 0 Å². The average molecular weight is 259 g/mol. The van der Waals surface area contributed by atoms with E-state index in [1.54, 1.807) is 0 Å². The van der Waals surface area contributed by atoms with Crippen molar-refractivity contribution in [3.8, 4) is 0 Å². The van der Waals surface area contributed by atoms with E-state index in [1.165, 1.54) is 38.5 Å². The minimum atomic E-state index is -2.80. The summed E-state index contributed by atoms with van der Waals surface area (Å²) >= 11 is 0. The zero-order chi connectivity index (χ0) is 12.1. The third kappa shape index (κ3) is 3.95. The lowest BCUT2D eigenvalue weighted by molar-refractivity contribution is 0.440. The lowest BCUT2D eigenvalue weighted by atomic mass is 10.1. The molecule has 1 saturated heterocycles. The Morgan fingerprint density at radius 1 is 0.882 bits per heavy atom. The fourth-order valence-corrected chi connectivity index (χ4v) is 4.85. The van der Waals surface area contributed by atoms with Crippen LogP contribution >= 0.6 is 0 Å². The largest absolute Gasteiger partial charge is 0.313 e. The summed E-state index contributed by atoms with van der Waals surface area (Å²) in [6.45, 7) is 0.688. The van der Waals surface area contributed by atoms with Crippen LogP contribution in [-0.4, -0.2) is 32.0 Å². The third-order valence-corrected chi connectivity index (χ3v) is 6.48. The molecule has 0 aromatic heterocycles. The van der Waals surface area contributed by atoms with E-state index in [9.17, 15) is 8.42 Å². The smallest absolute Gasteiger partial charge is 0.154 e. The summed E-state index contributed by atoms with van der Waals surface area (Å²) in [6.07, 6.45) is 10.6. The standard InChI is InChI=1S/C13H25NO2S/c15-17(16)10-6-5-9-13(17)11-14-12-7-3-1-2-4-8-12/h12-14H,1-11H2. The van der Waals surface area contributed by atoms with Crippen LogP contribution in [0.3, 0.4) is 0 Å². The average Bonchev–Trinajstić information content (AvgIpc) is 2.55. The Morgan fingerprint density at radius 3 is 2.18 bits per heavy atom. The van der Waals surface area contributed by atoms with Gasteiger partial charge < -0.3 is 5.32 Å². The molecule has 3 nitrogen and oxygen atoms in total. The van der Waals surface area contributed by atoms with Crippen LogP contribution in [0.15, 0.2) is 0 Å². The number of sulfone groups is 1. The Bertz CT molecular complexity index is 318. The molecule has 1 N–H and O–H groups in total. The van der Waals surface area contributed by atoms with Crippen LogP contribution in [0.25, 0.3) is 0 Å². The highest BCUT2D eigenvalue weighted by molar-refractivity contribution is 7.92. The highest BCUT2D eigenvalue weighted by atomic mass is 32.2. The highest BCUT2D eigenvalue weighted by Crippen LogP contribution is 2.21. The summed E-state index contributed by atoms with van der Waals surface area (Å²) in [4.78, 5) is 0. The van der Waals surface area contributed by atoms with Gasteiger partial charge in [0.15, 0.2) is 9.84 Å². The van der Waals surface area contributed by atoms with Gasteiger partial charge in [-0.1, -0.05) is 32.1 Å². The minimum absolute atomic E-state index is 0.112. The van der Waals surface area contributed by atoms with Crippen LogP contribution < -0.4 is 5.32 Å². The van der Waals surface area contributed by atoms with Crippen molar-refractivity contribution in [3.63, 3.8) is 0 Å². The van der Waals surface area contributed by atoms with Crippen LogP contribution in [0.4, 0.5) is 0 Å². The fourth-order valence-electron chi connectivity index (χ4n) is 3.03. The molecule has 1 heterocycles. The van der Waals surface area contributed by atoms with Crippen molar-refractivity contribution in [2.24, 2.45) is 0 Å². The molecule has 0 aromatic rings. The molecule has 1 saturated carbocycles. The van der Waals surface area contributed by atoms with Crippen molar-refractivity contribution >= 4 is 9.84 Å². The monoisotopic (exact) mass is 259 g/mol. The second-order valence-corrected chi connectivity index (χ2v) is 7.98. The third-order valence-electron chi connectivity index (χ3n) is 4.20. The van der Waals surface area contributed by atoms with Crippen LogP contribution in [0.5, 0.6) is 0 Å². The molecule has 0 amide bonds. The lowest BCUT2D eigenvalue weighted by Crippen LogP contribution is -2.41. The summed E-state index contributed by atoms with van der Waals surface area (Å²) in [7, 11) is -2.80. The Hall–Kier alpha value is -0.0900. The van der Waals surface area contributed by atoms with Gasteiger partial charge in [-0.2, -0.15) is 0 Å².